The van der Waals surface area contributed by atoms with E-state index in [9.17, 15) is 0 Å². The standard InChI is InChI=1S/C15H14Cl2N2S/c1-9-6-7-13(20-9)10(2)19-12-5-3-4-11(17)15(12)18-14(19)8-16/h3-7,10H,8H2,1-2H3. The predicted octanol–water partition coefficient (Wildman–Crippen LogP) is 5.41. The first kappa shape index (κ1) is 13.9. The Morgan fingerprint density at radius 1 is 1.30 bits per heavy atom. The number of aryl methyl sites for hydroxylation is 1. The molecule has 0 saturated heterocycles. The third-order valence-electron chi connectivity index (χ3n) is 3.42. The van der Waals surface area contributed by atoms with E-state index in [1.807, 2.05) is 18.2 Å². The molecule has 1 aromatic carbocycles. The average Bonchev–Trinajstić information content (AvgIpc) is 3.02. The zero-order valence-electron chi connectivity index (χ0n) is 11.2. The average molecular weight is 325 g/mol. The van der Waals surface area contributed by atoms with E-state index in [0.29, 0.717) is 10.9 Å². The van der Waals surface area contributed by atoms with Gasteiger partial charge in [0.1, 0.15) is 11.3 Å². The summed E-state index contributed by atoms with van der Waals surface area (Å²) >= 11 is 14.1. The first-order valence-electron chi connectivity index (χ1n) is 6.39. The SMILES string of the molecule is Cc1ccc(C(C)n2c(CCl)nc3c(Cl)cccc32)s1. The summed E-state index contributed by atoms with van der Waals surface area (Å²) in [5.74, 6) is 1.23. The topological polar surface area (TPSA) is 17.8 Å². The Morgan fingerprint density at radius 3 is 2.75 bits per heavy atom. The van der Waals surface area contributed by atoms with Gasteiger partial charge >= 0.3 is 0 Å². The van der Waals surface area contributed by atoms with Gasteiger partial charge in [0.25, 0.3) is 0 Å². The molecule has 0 radical (unpaired) electrons. The second-order valence-electron chi connectivity index (χ2n) is 4.76. The number of benzene rings is 1. The first-order valence-corrected chi connectivity index (χ1v) is 8.12. The van der Waals surface area contributed by atoms with Gasteiger partial charge in [-0.2, -0.15) is 0 Å². The van der Waals surface area contributed by atoms with E-state index in [1.54, 1.807) is 11.3 Å². The van der Waals surface area contributed by atoms with Gasteiger partial charge < -0.3 is 4.57 Å². The van der Waals surface area contributed by atoms with Crippen molar-refractivity contribution in [1.82, 2.24) is 9.55 Å². The van der Waals surface area contributed by atoms with E-state index in [-0.39, 0.29) is 6.04 Å². The molecule has 0 fully saturated rings. The molecule has 3 aromatic rings. The van der Waals surface area contributed by atoms with Crippen molar-refractivity contribution in [3.05, 3.63) is 50.9 Å². The second-order valence-corrected chi connectivity index (χ2v) is 6.76. The summed E-state index contributed by atoms with van der Waals surface area (Å²) in [4.78, 5) is 7.19. The first-order chi connectivity index (χ1) is 9.61. The highest BCUT2D eigenvalue weighted by Crippen LogP contribution is 2.32. The van der Waals surface area contributed by atoms with Crippen molar-refractivity contribution in [2.24, 2.45) is 0 Å². The maximum Gasteiger partial charge on any atom is 0.125 e. The van der Waals surface area contributed by atoms with Crippen LogP contribution in [0.5, 0.6) is 0 Å². The molecule has 0 aliphatic heterocycles. The van der Waals surface area contributed by atoms with Crippen molar-refractivity contribution in [3.63, 3.8) is 0 Å². The van der Waals surface area contributed by atoms with Crippen LogP contribution in [0.15, 0.2) is 30.3 Å². The van der Waals surface area contributed by atoms with E-state index in [1.165, 1.54) is 9.75 Å². The number of para-hydroxylation sites is 1. The molecule has 0 N–H and O–H groups in total. The third-order valence-corrected chi connectivity index (χ3v) is 5.14. The smallest absolute Gasteiger partial charge is 0.125 e. The second kappa shape index (κ2) is 5.40. The Hall–Kier alpha value is -1.03. The summed E-state index contributed by atoms with van der Waals surface area (Å²) in [7, 11) is 0. The molecule has 1 unspecified atom stereocenters. The molecule has 0 saturated carbocycles. The van der Waals surface area contributed by atoms with Gasteiger partial charge in [-0.05, 0) is 38.1 Å². The van der Waals surface area contributed by atoms with Crippen molar-refractivity contribution in [2.45, 2.75) is 25.8 Å². The zero-order valence-corrected chi connectivity index (χ0v) is 13.6. The molecule has 104 valence electrons. The van der Waals surface area contributed by atoms with Crippen LogP contribution in [-0.4, -0.2) is 9.55 Å². The Morgan fingerprint density at radius 2 is 2.10 bits per heavy atom. The van der Waals surface area contributed by atoms with Crippen LogP contribution < -0.4 is 0 Å². The molecule has 1 atom stereocenters. The highest BCUT2D eigenvalue weighted by Gasteiger charge is 2.18. The van der Waals surface area contributed by atoms with Gasteiger partial charge in [0.05, 0.1) is 22.5 Å². The molecule has 0 aliphatic rings. The lowest BCUT2D eigenvalue weighted by Gasteiger charge is -2.15. The molecular weight excluding hydrogens is 311 g/mol. The molecule has 3 rings (SSSR count). The van der Waals surface area contributed by atoms with E-state index in [2.05, 4.69) is 35.5 Å². The van der Waals surface area contributed by atoms with Crippen molar-refractivity contribution < 1.29 is 0 Å². The lowest BCUT2D eigenvalue weighted by Crippen LogP contribution is -2.08. The van der Waals surface area contributed by atoms with Crippen molar-refractivity contribution >= 4 is 45.6 Å². The minimum absolute atomic E-state index is 0.200. The van der Waals surface area contributed by atoms with Crippen LogP contribution >= 0.6 is 34.5 Å². The molecule has 0 bridgehead atoms. The van der Waals surface area contributed by atoms with Crippen molar-refractivity contribution in [3.8, 4) is 0 Å². The minimum atomic E-state index is 0.200. The number of alkyl halides is 1. The van der Waals surface area contributed by atoms with E-state index in [0.717, 1.165) is 16.9 Å². The van der Waals surface area contributed by atoms with Gasteiger partial charge in [-0.3, -0.25) is 0 Å². The van der Waals surface area contributed by atoms with Crippen LogP contribution in [0.4, 0.5) is 0 Å². The largest absolute Gasteiger partial charge is 0.319 e. The van der Waals surface area contributed by atoms with Crippen LogP contribution in [-0.2, 0) is 5.88 Å². The fourth-order valence-corrected chi connectivity index (χ4v) is 3.78. The third kappa shape index (κ3) is 2.24. The lowest BCUT2D eigenvalue weighted by atomic mass is 10.2. The fraction of sp³-hybridized carbons (Fsp3) is 0.267. The van der Waals surface area contributed by atoms with Gasteiger partial charge in [-0.25, -0.2) is 4.98 Å². The maximum absolute atomic E-state index is 6.24. The Kier molecular flexibility index (Phi) is 3.76. The molecule has 0 aliphatic carbocycles. The molecule has 20 heavy (non-hydrogen) atoms. The van der Waals surface area contributed by atoms with Gasteiger partial charge in [0, 0.05) is 9.75 Å². The maximum atomic E-state index is 6.24. The van der Waals surface area contributed by atoms with E-state index < -0.39 is 0 Å². The monoisotopic (exact) mass is 324 g/mol. The summed E-state index contributed by atoms with van der Waals surface area (Å²) in [6.45, 7) is 4.29. The number of hydrogen-bond acceptors (Lipinski definition) is 2. The molecule has 0 spiro atoms. The summed E-state index contributed by atoms with van der Waals surface area (Å²) in [5.41, 5.74) is 1.86. The minimum Gasteiger partial charge on any atom is -0.319 e. The van der Waals surface area contributed by atoms with E-state index in [4.69, 9.17) is 23.2 Å². The van der Waals surface area contributed by atoms with Crippen LogP contribution in [0.3, 0.4) is 0 Å². The van der Waals surface area contributed by atoms with Crippen LogP contribution in [0, 0.1) is 6.92 Å². The van der Waals surface area contributed by atoms with Crippen LogP contribution in [0.1, 0.15) is 28.5 Å². The molecule has 0 amide bonds. The quantitative estimate of drug-likeness (QED) is 0.589. The lowest BCUT2D eigenvalue weighted by molar-refractivity contribution is 0.644. The Balaban J connectivity index is 2.21. The van der Waals surface area contributed by atoms with Gasteiger partial charge in [0.15, 0.2) is 0 Å². The van der Waals surface area contributed by atoms with Gasteiger partial charge in [0.2, 0.25) is 0 Å². The predicted molar refractivity (Wildman–Crippen MR) is 87.2 cm³/mol. The van der Waals surface area contributed by atoms with Gasteiger partial charge in [-0.1, -0.05) is 17.7 Å². The molecule has 2 nitrogen and oxygen atoms in total. The summed E-state index contributed by atoms with van der Waals surface area (Å²) in [6, 6.07) is 10.4. The Bertz CT molecular complexity index is 760. The zero-order chi connectivity index (χ0) is 14.3. The van der Waals surface area contributed by atoms with Crippen LogP contribution in [0.25, 0.3) is 11.0 Å². The van der Waals surface area contributed by atoms with Crippen molar-refractivity contribution in [1.29, 1.82) is 0 Å². The number of rotatable bonds is 3. The number of imidazole rings is 1. The van der Waals surface area contributed by atoms with E-state index >= 15 is 0 Å². The fourth-order valence-electron chi connectivity index (χ4n) is 2.46. The Labute approximate surface area is 132 Å². The molecule has 2 heterocycles. The van der Waals surface area contributed by atoms with Crippen LogP contribution in [0.2, 0.25) is 5.02 Å². The molecule has 5 heteroatoms. The number of thiophene rings is 1. The number of nitrogens with zero attached hydrogens (tertiary/aromatic N) is 2. The molecular formula is C15H14Cl2N2S. The number of fused-ring (bicyclic) bond motifs is 1. The normalized spacial score (nSPS) is 13.0. The summed E-state index contributed by atoms with van der Waals surface area (Å²) < 4.78 is 2.18. The van der Waals surface area contributed by atoms with Crippen molar-refractivity contribution in [2.75, 3.05) is 0 Å². The number of hydrogen-bond donors (Lipinski definition) is 0. The van der Waals surface area contributed by atoms with Gasteiger partial charge in [-0.15, -0.1) is 22.9 Å². The highest BCUT2D eigenvalue weighted by atomic mass is 35.5. The number of aromatic nitrogens is 2. The summed E-state index contributed by atoms with van der Waals surface area (Å²) in [5, 5.41) is 0.669. The number of halogens is 2. The highest BCUT2D eigenvalue weighted by molar-refractivity contribution is 7.12. The summed E-state index contributed by atoms with van der Waals surface area (Å²) in [6.07, 6.45) is 0. The molecule has 2 aromatic heterocycles.